The maximum Gasteiger partial charge on any atom is 0.240 e. The van der Waals surface area contributed by atoms with E-state index in [0.29, 0.717) is 35.5 Å². The summed E-state index contributed by atoms with van der Waals surface area (Å²) in [7, 11) is 0. The maximum absolute atomic E-state index is 9.32. The zero-order valence-corrected chi connectivity index (χ0v) is 15.7. The molecule has 1 saturated heterocycles. The Bertz CT molecular complexity index is 780. The van der Waals surface area contributed by atoms with E-state index in [4.69, 9.17) is 20.9 Å². The number of aromatic nitrogens is 2. The SMILES string of the molecule is CCOC(C)c1noc(CN2CCN(c3c(Cl)cccc3C#N)CC2)n1. The molecule has 2 aromatic rings. The van der Waals surface area contributed by atoms with Gasteiger partial charge in [-0.15, -0.1) is 0 Å². The molecule has 138 valence electrons. The minimum Gasteiger partial charge on any atom is -0.371 e. The minimum atomic E-state index is -0.168. The molecule has 0 amide bonds. The fourth-order valence-electron chi connectivity index (χ4n) is 3.07. The molecule has 0 saturated carbocycles. The van der Waals surface area contributed by atoms with E-state index >= 15 is 0 Å². The van der Waals surface area contributed by atoms with Gasteiger partial charge in [-0.25, -0.2) is 0 Å². The van der Waals surface area contributed by atoms with E-state index in [-0.39, 0.29) is 6.10 Å². The molecule has 1 fully saturated rings. The van der Waals surface area contributed by atoms with Gasteiger partial charge in [-0.2, -0.15) is 10.2 Å². The number of para-hydroxylation sites is 1. The van der Waals surface area contributed by atoms with Gasteiger partial charge in [-0.1, -0.05) is 22.8 Å². The molecule has 1 atom stereocenters. The molecule has 2 heterocycles. The standard InChI is InChI=1S/C18H22ClN5O2/c1-3-25-13(2)18-21-16(26-22-18)12-23-7-9-24(10-8-23)17-14(11-20)5-4-6-15(17)19/h4-6,13H,3,7-10,12H2,1-2H3. The molecule has 1 unspecified atom stereocenters. The van der Waals surface area contributed by atoms with Gasteiger partial charge in [0.1, 0.15) is 12.2 Å². The van der Waals surface area contributed by atoms with Crippen LogP contribution in [-0.2, 0) is 11.3 Å². The number of ether oxygens (including phenoxy) is 1. The monoisotopic (exact) mass is 375 g/mol. The lowest BCUT2D eigenvalue weighted by Crippen LogP contribution is -2.46. The summed E-state index contributed by atoms with van der Waals surface area (Å²) in [4.78, 5) is 8.83. The van der Waals surface area contributed by atoms with Gasteiger partial charge >= 0.3 is 0 Å². The van der Waals surface area contributed by atoms with Gasteiger partial charge < -0.3 is 14.2 Å². The molecular formula is C18H22ClN5O2. The molecule has 0 radical (unpaired) electrons. The number of hydrogen-bond acceptors (Lipinski definition) is 7. The molecule has 0 bridgehead atoms. The van der Waals surface area contributed by atoms with Gasteiger partial charge in [-0.3, -0.25) is 4.90 Å². The summed E-state index contributed by atoms with van der Waals surface area (Å²) in [5.41, 5.74) is 1.43. The fraction of sp³-hybridized carbons (Fsp3) is 0.500. The predicted molar refractivity (Wildman–Crippen MR) is 98.0 cm³/mol. The highest BCUT2D eigenvalue weighted by Gasteiger charge is 2.23. The topological polar surface area (TPSA) is 78.4 Å². The Hall–Kier alpha value is -2.14. The molecule has 26 heavy (non-hydrogen) atoms. The lowest BCUT2D eigenvalue weighted by molar-refractivity contribution is 0.0683. The third-order valence-corrected chi connectivity index (χ3v) is 4.72. The third-order valence-electron chi connectivity index (χ3n) is 4.42. The molecule has 8 heteroatoms. The second-order valence-corrected chi connectivity index (χ2v) is 6.56. The third kappa shape index (κ3) is 4.15. The first-order valence-corrected chi connectivity index (χ1v) is 9.10. The normalized spacial score (nSPS) is 16.5. The van der Waals surface area contributed by atoms with Crippen LogP contribution >= 0.6 is 11.6 Å². The van der Waals surface area contributed by atoms with Gasteiger partial charge in [0.15, 0.2) is 5.82 Å². The molecule has 1 aliphatic rings. The summed E-state index contributed by atoms with van der Waals surface area (Å²) in [6.45, 7) is 8.29. The Morgan fingerprint density at radius 2 is 2.12 bits per heavy atom. The fourth-order valence-corrected chi connectivity index (χ4v) is 3.36. The van der Waals surface area contributed by atoms with Gasteiger partial charge in [-0.05, 0) is 26.0 Å². The smallest absolute Gasteiger partial charge is 0.240 e. The van der Waals surface area contributed by atoms with E-state index < -0.39 is 0 Å². The average Bonchev–Trinajstić information content (AvgIpc) is 3.11. The highest BCUT2D eigenvalue weighted by molar-refractivity contribution is 6.33. The lowest BCUT2D eigenvalue weighted by atomic mass is 10.1. The molecule has 1 aliphatic heterocycles. The molecule has 0 spiro atoms. The number of anilines is 1. The average molecular weight is 376 g/mol. The summed E-state index contributed by atoms with van der Waals surface area (Å²) in [5.74, 6) is 1.17. The van der Waals surface area contributed by atoms with Crippen LogP contribution in [0.1, 0.15) is 37.2 Å². The Labute approximate surface area is 158 Å². The van der Waals surface area contributed by atoms with Gasteiger partial charge in [0.05, 0.1) is 22.8 Å². The number of nitriles is 1. The number of benzene rings is 1. The van der Waals surface area contributed by atoms with Crippen LogP contribution in [0.5, 0.6) is 0 Å². The van der Waals surface area contributed by atoms with Crippen LogP contribution in [0.2, 0.25) is 5.02 Å². The van der Waals surface area contributed by atoms with Crippen molar-refractivity contribution in [3.63, 3.8) is 0 Å². The summed E-state index contributed by atoms with van der Waals surface area (Å²) in [6, 6.07) is 7.65. The Balaban J connectivity index is 1.59. The van der Waals surface area contributed by atoms with Crippen molar-refractivity contribution < 1.29 is 9.26 Å². The first-order valence-electron chi connectivity index (χ1n) is 8.72. The Morgan fingerprint density at radius 3 is 2.81 bits per heavy atom. The Kier molecular flexibility index (Phi) is 6.09. The van der Waals surface area contributed by atoms with Crippen molar-refractivity contribution in [3.05, 3.63) is 40.5 Å². The lowest BCUT2D eigenvalue weighted by Gasteiger charge is -2.36. The number of hydrogen-bond donors (Lipinski definition) is 0. The van der Waals surface area contributed by atoms with Crippen molar-refractivity contribution in [1.82, 2.24) is 15.0 Å². The van der Waals surface area contributed by atoms with Crippen LogP contribution in [0, 0.1) is 11.3 Å². The first kappa shape index (κ1) is 18.6. The highest BCUT2D eigenvalue weighted by Crippen LogP contribution is 2.30. The van der Waals surface area contributed by atoms with Crippen molar-refractivity contribution in [2.45, 2.75) is 26.5 Å². The summed E-state index contributed by atoms with van der Waals surface area (Å²) in [6.07, 6.45) is -0.168. The second-order valence-electron chi connectivity index (χ2n) is 6.15. The first-order chi connectivity index (χ1) is 12.6. The molecular weight excluding hydrogens is 354 g/mol. The van der Waals surface area contributed by atoms with Crippen LogP contribution in [0.25, 0.3) is 0 Å². The molecule has 0 N–H and O–H groups in total. The largest absolute Gasteiger partial charge is 0.371 e. The molecule has 0 aliphatic carbocycles. The number of piperazine rings is 1. The maximum atomic E-state index is 9.32. The predicted octanol–water partition coefficient (Wildman–Crippen LogP) is 3.01. The van der Waals surface area contributed by atoms with Gasteiger partial charge in [0, 0.05) is 32.8 Å². The van der Waals surface area contributed by atoms with E-state index in [1.807, 2.05) is 19.9 Å². The minimum absolute atomic E-state index is 0.168. The van der Waals surface area contributed by atoms with Crippen molar-refractivity contribution in [3.8, 4) is 6.07 Å². The van der Waals surface area contributed by atoms with Crippen LogP contribution in [0.4, 0.5) is 5.69 Å². The Morgan fingerprint density at radius 1 is 1.35 bits per heavy atom. The van der Waals surface area contributed by atoms with Gasteiger partial charge in [0.2, 0.25) is 5.89 Å². The van der Waals surface area contributed by atoms with Crippen LogP contribution in [-0.4, -0.2) is 47.8 Å². The zero-order chi connectivity index (χ0) is 18.5. The van der Waals surface area contributed by atoms with Crippen LogP contribution < -0.4 is 4.90 Å². The highest BCUT2D eigenvalue weighted by atomic mass is 35.5. The summed E-state index contributed by atoms with van der Waals surface area (Å²) < 4.78 is 10.8. The van der Waals surface area contributed by atoms with Crippen LogP contribution in [0.3, 0.4) is 0 Å². The molecule has 1 aromatic heterocycles. The number of rotatable bonds is 6. The van der Waals surface area contributed by atoms with Crippen molar-refractivity contribution in [2.75, 3.05) is 37.7 Å². The molecule has 3 rings (SSSR count). The zero-order valence-electron chi connectivity index (χ0n) is 15.0. The summed E-state index contributed by atoms with van der Waals surface area (Å²) >= 11 is 6.31. The van der Waals surface area contributed by atoms with Crippen molar-refractivity contribution in [2.24, 2.45) is 0 Å². The quantitative estimate of drug-likeness (QED) is 0.767. The van der Waals surface area contributed by atoms with Gasteiger partial charge in [0.25, 0.3) is 0 Å². The van der Waals surface area contributed by atoms with E-state index in [2.05, 4.69) is 26.0 Å². The second kappa shape index (κ2) is 8.49. The number of halogens is 1. The van der Waals surface area contributed by atoms with E-state index in [0.717, 1.165) is 31.9 Å². The summed E-state index contributed by atoms with van der Waals surface area (Å²) in [5, 5.41) is 13.9. The van der Waals surface area contributed by atoms with Crippen molar-refractivity contribution >= 4 is 17.3 Å². The van der Waals surface area contributed by atoms with E-state index in [1.165, 1.54) is 0 Å². The van der Waals surface area contributed by atoms with E-state index in [9.17, 15) is 5.26 Å². The molecule has 1 aromatic carbocycles. The van der Waals surface area contributed by atoms with Crippen molar-refractivity contribution in [1.29, 1.82) is 5.26 Å². The van der Waals surface area contributed by atoms with Crippen LogP contribution in [0.15, 0.2) is 22.7 Å². The van der Waals surface area contributed by atoms with E-state index in [1.54, 1.807) is 12.1 Å². The number of nitrogens with zero attached hydrogens (tertiary/aromatic N) is 5. The molecule has 7 nitrogen and oxygen atoms in total.